The van der Waals surface area contributed by atoms with Gasteiger partial charge in [0.15, 0.2) is 0 Å². The van der Waals surface area contributed by atoms with E-state index in [-0.39, 0.29) is 11.7 Å². The second-order valence-corrected chi connectivity index (χ2v) is 5.16. The average molecular weight is 286 g/mol. The lowest BCUT2D eigenvalue weighted by Crippen LogP contribution is -2.30. The third kappa shape index (κ3) is 3.23. The van der Waals surface area contributed by atoms with Gasteiger partial charge in [-0.3, -0.25) is 4.79 Å². The van der Waals surface area contributed by atoms with E-state index in [4.69, 9.17) is 0 Å². The summed E-state index contributed by atoms with van der Waals surface area (Å²) in [5.74, 6) is 0.263. The normalized spacial score (nSPS) is 10.6. The van der Waals surface area contributed by atoms with Crippen LogP contribution in [-0.4, -0.2) is 29.5 Å². The first-order valence-electron chi connectivity index (χ1n) is 5.15. The van der Waals surface area contributed by atoms with Crippen molar-refractivity contribution in [1.82, 2.24) is 4.90 Å². The molecule has 16 heavy (non-hydrogen) atoms. The van der Waals surface area contributed by atoms with Crippen LogP contribution in [-0.2, 0) is 0 Å². The number of aromatic hydroxyl groups is 1. The molecular formula is C12H16BrNO2. The van der Waals surface area contributed by atoms with Crippen molar-refractivity contribution in [1.29, 1.82) is 0 Å². The Labute approximate surface area is 104 Å². The highest BCUT2D eigenvalue weighted by Crippen LogP contribution is 2.23. The van der Waals surface area contributed by atoms with E-state index in [9.17, 15) is 9.90 Å². The van der Waals surface area contributed by atoms with Crippen LogP contribution in [0, 0.1) is 5.92 Å². The maximum absolute atomic E-state index is 12.0. The van der Waals surface area contributed by atoms with Crippen molar-refractivity contribution in [3.8, 4) is 5.75 Å². The highest BCUT2D eigenvalue weighted by atomic mass is 79.9. The summed E-state index contributed by atoms with van der Waals surface area (Å²) in [6.45, 7) is 4.76. The first kappa shape index (κ1) is 13.0. The van der Waals surface area contributed by atoms with Crippen molar-refractivity contribution in [3.63, 3.8) is 0 Å². The number of phenols is 1. The third-order valence-corrected chi connectivity index (χ3v) is 2.67. The number of carbonyl (C=O) groups is 1. The zero-order valence-electron chi connectivity index (χ0n) is 9.70. The molecule has 0 spiro atoms. The molecule has 1 aromatic carbocycles. The van der Waals surface area contributed by atoms with E-state index in [1.807, 2.05) is 13.8 Å². The summed E-state index contributed by atoms with van der Waals surface area (Å²) in [7, 11) is 1.74. The van der Waals surface area contributed by atoms with Gasteiger partial charge in [0.05, 0.1) is 5.56 Å². The molecular weight excluding hydrogens is 270 g/mol. The Kier molecular flexibility index (Phi) is 4.35. The van der Waals surface area contributed by atoms with Crippen LogP contribution in [0.3, 0.4) is 0 Å². The van der Waals surface area contributed by atoms with Crippen LogP contribution >= 0.6 is 15.9 Å². The molecule has 0 saturated carbocycles. The van der Waals surface area contributed by atoms with E-state index in [0.717, 1.165) is 4.47 Å². The number of hydrogen-bond donors (Lipinski definition) is 1. The van der Waals surface area contributed by atoms with Gasteiger partial charge in [-0.1, -0.05) is 29.8 Å². The Bertz CT molecular complexity index is 391. The van der Waals surface area contributed by atoms with Crippen molar-refractivity contribution >= 4 is 21.8 Å². The van der Waals surface area contributed by atoms with Crippen LogP contribution in [0.15, 0.2) is 22.7 Å². The number of halogens is 1. The standard InChI is InChI=1S/C12H16BrNO2/c1-8(2)7-14(3)12(16)10-6-9(13)4-5-11(10)15/h4-6,8,15H,7H2,1-3H3. The molecule has 0 bridgehead atoms. The fourth-order valence-corrected chi connectivity index (χ4v) is 1.88. The van der Waals surface area contributed by atoms with Crippen LogP contribution in [0.2, 0.25) is 0 Å². The Balaban J connectivity index is 2.91. The fourth-order valence-electron chi connectivity index (χ4n) is 1.52. The minimum atomic E-state index is -0.160. The van der Waals surface area contributed by atoms with E-state index < -0.39 is 0 Å². The van der Waals surface area contributed by atoms with E-state index >= 15 is 0 Å². The molecule has 0 fully saturated rings. The molecule has 1 N–H and O–H groups in total. The van der Waals surface area contributed by atoms with Gasteiger partial charge < -0.3 is 10.0 Å². The molecule has 0 aliphatic heterocycles. The van der Waals surface area contributed by atoms with Crippen molar-refractivity contribution in [2.24, 2.45) is 5.92 Å². The van der Waals surface area contributed by atoms with Gasteiger partial charge in [-0.15, -0.1) is 0 Å². The van der Waals surface area contributed by atoms with Gasteiger partial charge in [-0.25, -0.2) is 0 Å². The number of benzene rings is 1. The van der Waals surface area contributed by atoms with Gasteiger partial charge in [0.25, 0.3) is 5.91 Å². The minimum Gasteiger partial charge on any atom is -0.507 e. The predicted molar refractivity (Wildman–Crippen MR) is 67.6 cm³/mol. The SMILES string of the molecule is CC(C)CN(C)C(=O)c1cc(Br)ccc1O. The Hall–Kier alpha value is -1.03. The van der Waals surface area contributed by atoms with Gasteiger partial charge in [-0.2, -0.15) is 0 Å². The zero-order chi connectivity index (χ0) is 12.3. The summed E-state index contributed by atoms with van der Waals surface area (Å²) in [5.41, 5.74) is 0.331. The molecule has 0 radical (unpaired) electrons. The van der Waals surface area contributed by atoms with Gasteiger partial charge in [0.1, 0.15) is 5.75 Å². The van der Waals surface area contributed by atoms with Gasteiger partial charge >= 0.3 is 0 Å². The molecule has 0 aliphatic carbocycles. The van der Waals surface area contributed by atoms with Crippen molar-refractivity contribution in [2.75, 3.05) is 13.6 Å². The molecule has 0 atom stereocenters. The van der Waals surface area contributed by atoms with Crippen LogP contribution in [0.25, 0.3) is 0 Å². The summed E-state index contributed by atoms with van der Waals surface area (Å²) >= 11 is 3.28. The maximum Gasteiger partial charge on any atom is 0.257 e. The first-order chi connectivity index (χ1) is 7.41. The number of rotatable bonds is 3. The number of hydrogen-bond acceptors (Lipinski definition) is 2. The molecule has 0 saturated heterocycles. The molecule has 4 heteroatoms. The van der Waals surface area contributed by atoms with Crippen molar-refractivity contribution in [3.05, 3.63) is 28.2 Å². The largest absolute Gasteiger partial charge is 0.507 e. The molecule has 0 aliphatic rings. The van der Waals surface area contributed by atoms with Gasteiger partial charge in [-0.05, 0) is 24.1 Å². The van der Waals surface area contributed by atoms with E-state index in [2.05, 4.69) is 15.9 Å². The van der Waals surface area contributed by atoms with Crippen molar-refractivity contribution in [2.45, 2.75) is 13.8 Å². The van der Waals surface area contributed by atoms with E-state index in [1.54, 1.807) is 24.1 Å². The lowest BCUT2D eigenvalue weighted by Gasteiger charge is -2.19. The van der Waals surface area contributed by atoms with E-state index in [0.29, 0.717) is 18.0 Å². The third-order valence-electron chi connectivity index (χ3n) is 2.17. The van der Waals surface area contributed by atoms with Crippen LogP contribution < -0.4 is 0 Å². The van der Waals surface area contributed by atoms with Crippen LogP contribution in [0.1, 0.15) is 24.2 Å². The highest BCUT2D eigenvalue weighted by Gasteiger charge is 2.16. The molecule has 0 unspecified atom stereocenters. The second-order valence-electron chi connectivity index (χ2n) is 4.24. The summed E-state index contributed by atoms with van der Waals surface area (Å²) in [4.78, 5) is 13.6. The fraction of sp³-hybridized carbons (Fsp3) is 0.417. The monoisotopic (exact) mass is 285 g/mol. The lowest BCUT2D eigenvalue weighted by atomic mass is 10.1. The molecule has 3 nitrogen and oxygen atoms in total. The smallest absolute Gasteiger partial charge is 0.257 e. The van der Waals surface area contributed by atoms with E-state index in [1.165, 1.54) is 6.07 Å². The van der Waals surface area contributed by atoms with Crippen LogP contribution in [0.4, 0.5) is 0 Å². The topological polar surface area (TPSA) is 40.5 Å². The maximum atomic E-state index is 12.0. The molecule has 1 aromatic rings. The number of nitrogens with zero attached hydrogens (tertiary/aromatic N) is 1. The number of phenolic OH excluding ortho intramolecular Hbond substituents is 1. The lowest BCUT2D eigenvalue weighted by molar-refractivity contribution is 0.0776. The molecule has 1 amide bonds. The predicted octanol–water partition coefficient (Wildman–Crippen LogP) is 2.88. The Morgan fingerprint density at radius 3 is 2.69 bits per heavy atom. The Morgan fingerprint density at radius 2 is 2.12 bits per heavy atom. The summed E-state index contributed by atoms with van der Waals surface area (Å²) in [6.07, 6.45) is 0. The van der Waals surface area contributed by atoms with Gasteiger partial charge in [0, 0.05) is 18.1 Å². The number of carbonyl (C=O) groups excluding carboxylic acids is 1. The second kappa shape index (κ2) is 5.34. The minimum absolute atomic E-state index is 0.0174. The zero-order valence-corrected chi connectivity index (χ0v) is 11.3. The molecule has 0 heterocycles. The summed E-state index contributed by atoms with van der Waals surface area (Å²) in [6, 6.07) is 4.85. The quantitative estimate of drug-likeness (QED) is 0.928. The summed E-state index contributed by atoms with van der Waals surface area (Å²) in [5, 5.41) is 9.62. The van der Waals surface area contributed by atoms with Gasteiger partial charge in [0.2, 0.25) is 0 Å². The average Bonchev–Trinajstić information content (AvgIpc) is 2.19. The summed E-state index contributed by atoms with van der Waals surface area (Å²) < 4.78 is 0.784. The van der Waals surface area contributed by atoms with Crippen molar-refractivity contribution < 1.29 is 9.90 Å². The van der Waals surface area contributed by atoms with Crippen LogP contribution in [0.5, 0.6) is 5.75 Å². The number of amides is 1. The Morgan fingerprint density at radius 1 is 1.50 bits per heavy atom. The molecule has 1 rings (SSSR count). The molecule has 0 aromatic heterocycles. The molecule has 88 valence electrons. The first-order valence-corrected chi connectivity index (χ1v) is 5.95. The highest BCUT2D eigenvalue weighted by molar-refractivity contribution is 9.10.